The Bertz CT molecular complexity index is 433. The molecule has 1 heterocycles. The lowest BCUT2D eigenvalue weighted by atomic mass is 10.0. The van der Waals surface area contributed by atoms with Crippen molar-refractivity contribution in [1.29, 1.82) is 0 Å². The first-order chi connectivity index (χ1) is 9.13. The number of halogens is 4. The van der Waals surface area contributed by atoms with Gasteiger partial charge in [0.2, 0.25) is 0 Å². The summed E-state index contributed by atoms with van der Waals surface area (Å²) in [7, 11) is 0. The number of alkyl halides is 1. The van der Waals surface area contributed by atoms with Crippen molar-refractivity contribution < 1.29 is 17.6 Å². The molecule has 0 unspecified atom stereocenters. The maximum Gasteiger partial charge on any atom is 0.161 e. The average Bonchev–Trinajstić information content (AvgIpc) is 2.42. The van der Waals surface area contributed by atoms with Gasteiger partial charge in [-0.2, -0.15) is 0 Å². The van der Waals surface area contributed by atoms with Crippen LogP contribution in [-0.4, -0.2) is 37.8 Å². The van der Waals surface area contributed by atoms with Crippen LogP contribution in [0.25, 0.3) is 0 Å². The van der Waals surface area contributed by atoms with Crippen LogP contribution in [-0.2, 0) is 0 Å². The first kappa shape index (κ1) is 14.3. The van der Waals surface area contributed by atoms with E-state index in [0.717, 1.165) is 6.07 Å². The Labute approximate surface area is 109 Å². The highest BCUT2D eigenvalue weighted by Crippen LogP contribution is 2.28. The Hall–Kier alpha value is -1.14. The van der Waals surface area contributed by atoms with Crippen molar-refractivity contribution in [2.75, 3.05) is 32.9 Å². The zero-order valence-electron chi connectivity index (χ0n) is 10.4. The summed E-state index contributed by atoms with van der Waals surface area (Å²) in [6.45, 7) is 2.06. The van der Waals surface area contributed by atoms with E-state index in [4.69, 9.17) is 0 Å². The lowest BCUT2D eigenvalue weighted by Gasteiger charge is -2.35. The van der Waals surface area contributed by atoms with Gasteiger partial charge < -0.3 is 5.32 Å². The quantitative estimate of drug-likeness (QED) is 0.671. The van der Waals surface area contributed by atoms with Crippen molar-refractivity contribution >= 4 is 0 Å². The molecule has 0 amide bonds. The molecule has 2 nitrogen and oxygen atoms in total. The van der Waals surface area contributed by atoms with Gasteiger partial charge in [-0.3, -0.25) is 9.29 Å². The van der Waals surface area contributed by atoms with Crippen molar-refractivity contribution in [2.45, 2.75) is 12.5 Å². The predicted octanol–water partition coefficient (Wildman–Crippen LogP) is 2.41. The minimum absolute atomic E-state index is 0.0263. The molecule has 1 fully saturated rings. The van der Waals surface area contributed by atoms with Crippen molar-refractivity contribution in [2.24, 2.45) is 0 Å². The molecule has 0 bridgehead atoms. The Morgan fingerprint density at radius 1 is 1.05 bits per heavy atom. The van der Waals surface area contributed by atoms with E-state index in [0.29, 0.717) is 32.2 Å². The number of hydrogen-bond donors (Lipinski definition) is 1. The minimum atomic E-state index is -1.22. The Morgan fingerprint density at radius 3 is 2.32 bits per heavy atom. The van der Waals surface area contributed by atoms with Crippen LogP contribution in [0.2, 0.25) is 0 Å². The second-order valence-corrected chi connectivity index (χ2v) is 4.57. The van der Waals surface area contributed by atoms with Crippen molar-refractivity contribution in [3.05, 3.63) is 35.1 Å². The standard InChI is InChI=1S/C13H16F4N2/c14-2-1-13(19-5-3-18-4-6-19)9-7-11(16)12(17)8-10(9)15/h7-8,13,18H,1-6H2/t13-/m0/s1. The van der Waals surface area contributed by atoms with E-state index >= 15 is 0 Å². The van der Waals surface area contributed by atoms with Crippen LogP contribution < -0.4 is 5.32 Å². The monoisotopic (exact) mass is 276 g/mol. The molecule has 0 radical (unpaired) electrons. The van der Waals surface area contributed by atoms with Crippen LogP contribution in [0.4, 0.5) is 17.6 Å². The molecule has 1 atom stereocenters. The predicted molar refractivity (Wildman–Crippen MR) is 64.1 cm³/mol. The summed E-state index contributed by atoms with van der Waals surface area (Å²) >= 11 is 0. The molecule has 106 valence electrons. The number of benzene rings is 1. The van der Waals surface area contributed by atoms with Gasteiger partial charge >= 0.3 is 0 Å². The van der Waals surface area contributed by atoms with Crippen LogP contribution in [0.1, 0.15) is 18.0 Å². The van der Waals surface area contributed by atoms with Gasteiger partial charge in [0.25, 0.3) is 0 Å². The number of rotatable bonds is 4. The summed E-state index contributed by atoms with van der Waals surface area (Å²) < 4.78 is 52.6. The third-order valence-corrected chi connectivity index (χ3v) is 3.37. The van der Waals surface area contributed by atoms with Gasteiger partial charge in [0.1, 0.15) is 5.82 Å². The maximum atomic E-state index is 13.8. The molecular weight excluding hydrogens is 260 g/mol. The summed E-state index contributed by atoms with van der Waals surface area (Å²) in [6.07, 6.45) is 0.0714. The third kappa shape index (κ3) is 3.25. The highest BCUT2D eigenvalue weighted by molar-refractivity contribution is 5.24. The number of nitrogens with zero attached hydrogens (tertiary/aromatic N) is 1. The van der Waals surface area contributed by atoms with E-state index in [1.165, 1.54) is 0 Å². The fourth-order valence-corrected chi connectivity index (χ4v) is 2.43. The second kappa shape index (κ2) is 6.34. The van der Waals surface area contributed by atoms with Crippen LogP contribution in [0, 0.1) is 17.5 Å². The Morgan fingerprint density at radius 2 is 1.68 bits per heavy atom. The summed E-state index contributed by atoms with van der Waals surface area (Å²) in [5.41, 5.74) is 0.0263. The van der Waals surface area contributed by atoms with E-state index in [-0.39, 0.29) is 12.0 Å². The second-order valence-electron chi connectivity index (χ2n) is 4.57. The van der Waals surface area contributed by atoms with Crippen LogP contribution in [0.3, 0.4) is 0 Å². The van der Waals surface area contributed by atoms with E-state index in [2.05, 4.69) is 5.32 Å². The molecule has 1 N–H and O–H groups in total. The molecule has 0 spiro atoms. The van der Waals surface area contributed by atoms with Gasteiger partial charge in [0.05, 0.1) is 6.67 Å². The minimum Gasteiger partial charge on any atom is -0.314 e. The number of nitrogens with one attached hydrogen (secondary N) is 1. The molecule has 0 aromatic heterocycles. The maximum absolute atomic E-state index is 13.8. The van der Waals surface area contributed by atoms with E-state index in [1.807, 2.05) is 4.90 Å². The number of hydrogen-bond acceptors (Lipinski definition) is 2. The normalized spacial score (nSPS) is 18.5. The highest BCUT2D eigenvalue weighted by Gasteiger charge is 2.25. The summed E-state index contributed by atoms with van der Waals surface area (Å²) in [5, 5.41) is 3.14. The summed E-state index contributed by atoms with van der Waals surface area (Å²) in [5.74, 6) is -3.15. The largest absolute Gasteiger partial charge is 0.314 e. The lowest BCUT2D eigenvalue weighted by Crippen LogP contribution is -2.45. The van der Waals surface area contributed by atoms with Gasteiger partial charge in [0, 0.05) is 43.9 Å². The van der Waals surface area contributed by atoms with Crippen LogP contribution in [0.15, 0.2) is 12.1 Å². The zero-order chi connectivity index (χ0) is 13.8. The first-order valence-corrected chi connectivity index (χ1v) is 6.28. The lowest BCUT2D eigenvalue weighted by molar-refractivity contribution is 0.154. The first-order valence-electron chi connectivity index (χ1n) is 6.28. The van der Waals surface area contributed by atoms with Gasteiger partial charge in [-0.15, -0.1) is 0 Å². The van der Waals surface area contributed by atoms with Gasteiger partial charge in [-0.1, -0.05) is 0 Å². The van der Waals surface area contributed by atoms with E-state index in [1.54, 1.807) is 0 Å². The van der Waals surface area contributed by atoms with Gasteiger partial charge in [-0.25, -0.2) is 13.2 Å². The molecule has 2 rings (SSSR count). The molecule has 1 aliphatic rings. The van der Waals surface area contributed by atoms with Crippen molar-refractivity contribution in [1.82, 2.24) is 10.2 Å². The Kier molecular flexibility index (Phi) is 4.76. The molecule has 1 aliphatic heterocycles. The van der Waals surface area contributed by atoms with Crippen LogP contribution >= 0.6 is 0 Å². The molecule has 1 aromatic rings. The van der Waals surface area contributed by atoms with Crippen molar-refractivity contribution in [3.63, 3.8) is 0 Å². The molecule has 1 aromatic carbocycles. The molecule has 0 saturated carbocycles. The van der Waals surface area contributed by atoms with Gasteiger partial charge in [0.15, 0.2) is 11.6 Å². The molecule has 6 heteroatoms. The molecule has 19 heavy (non-hydrogen) atoms. The molecule has 0 aliphatic carbocycles. The topological polar surface area (TPSA) is 15.3 Å². The molecule has 1 saturated heterocycles. The SMILES string of the molecule is FCC[C@@H](c1cc(F)c(F)cc1F)N1CCNCC1. The third-order valence-electron chi connectivity index (χ3n) is 3.37. The summed E-state index contributed by atoms with van der Waals surface area (Å²) in [6, 6.07) is 0.813. The fourth-order valence-electron chi connectivity index (χ4n) is 2.43. The van der Waals surface area contributed by atoms with Crippen molar-refractivity contribution in [3.8, 4) is 0 Å². The Balaban J connectivity index is 2.29. The smallest absolute Gasteiger partial charge is 0.161 e. The fraction of sp³-hybridized carbons (Fsp3) is 0.538. The van der Waals surface area contributed by atoms with Crippen LogP contribution in [0.5, 0.6) is 0 Å². The average molecular weight is 276 g/mol. The van der Waals surface area contributed by atoms with Gasteiger partial charge in [-0.05, 0) is 12.5 Å². The highest BCUT2D eigenvalue weighted by atomic mass is 19.2. The number of piperazine rings is 1. The van der Waals surface area contributed by atoms with E-state index < -0.39 is 30.2 Å². The van der Waals surface area contributed by atoms with E-state index in [9.17, 15) is 17.6 Å². The summed E-state index contributed by atoms with van der Waals surface area (Å²) in [4.78, 5) is 1.89. The molecular formula is C13H16F4N2. The zero-order valence-corrected chi connectivity index (χ0v) is 10.4.